The van der Waals surface area contributed by atoms with Crippen LogP contribution in [0.5, 0.6) is 0 Å². The van der Waals surface area contributed by atoms with E-state index in [4.69, 9.17) is 0 Å². The summed E-state index contributed by atoms with van der Waals surface area (Å²) in [5.41, 5.74) is 0. The maximum atomic E-state index is 3.93. The van der Waals surface area contributed by atoms with Crippen molar-refractivity contribution < 1.29 is 28.4 Å². The van der Waals surface area contributed by atoms with Gasteiger partial charge in [0.15, 0.2) is 0 Å². The summed E-state index contributed by atoms with van der Waals surface area (Å²) in [6, 6.07) is 0. The van der Waals surface area contributed by atoms with E-state index in [-0.39, 0.29) is 11.0 Å². The Balaban J connectivity index is -0.00000000500. The molecule has 0 spiro atoms. The molecular weight excluding hydrogens is 170 g/mol. The van der Waals surface area contributed by atoms with Gasteiger partial charge < -0.3 is 11.0 Å². The second kappa shape index (κ2) is 46.4. The normalized spacial score (nSPS) is 1.50. The van der Waals surface area contributed by atoms with Crippen molar-refractivity contribution in [3.05, 3.63) is 0 Å². The number of rotatable bonds is 0. The summed E-state index contributed by atoms with van der Waals surface area (Å²) < 4.78 is 0. The zero-order valence-electron chi connectivity index (χ0n) is 1.72. The fraction of sp³-hybridized carbons (Fsp3) is 0. The minimum absolute atomic E-state index is 0. The fourth-order valence-corrected chi connectivity index (χ4v) is 0. The van der Waals surface area contributed by atoms with Crippen LogP contribution in [0.2, 0.25) is 0 Å². The fourth-order valence-electron chi connectivity index (χ4n) is 0. The molecule has 0 saturated heterocycles. The van der Waals surface area contributed by atoms with Gasteiger partial charge in [-0.05, 0) is 0 Å². The molecule has 0 aromatic heterocycles. The molecule has 0 atom stereocenters. The summed E-state index contributed by atoms with van der Waals surface area (Å²) >= 11 is 2.33. The Morgan fingerprint density at radius 2 is 1.00 bits per heavy atom. The standard InChI is InChI=1S/2H2O.Pd.S/h2*1H2;;. The number of hydrogen-bond donors (Lipinski definition) is 0. The van der Waals surface area contributed by atoms with E-state index in [9.17, 15) is 0 Å². The molecule has 0 heterocycles. The zero-order valence-corrected chi connectivity index (χ0v) is 4.10. The van der Waals surface area contributed by atoms with Crippen LogP contribution in [0.25, 0.3) is 0 Å². The predicted octanol–water partition coefficient (Wildman–Crippen LogP) is -1.00. The van der Waals surface area contributed by atoms with Gasteiger partial charge in [-0.1, -0.05) is 0 Å². The molecule has 0 fully saturated rings. The van der Waals surface area contributed by atoms with Crippen molar-refractivity contribution in [1.29, 1.82) is 0 Å². The van der Waals surface area contributed by atoms with Crippen LogP contribution >= 0.6 is 9.94 Å². The van der Waals surface area contributed by atoms with Gasteiger partial charge in [-0.2, -0.15) is 0 Å². The van der Waals surface area contributed by atoms with Crippen molar-refractivity contribution in [2.45, 2.75) is 0 Å². The zero-order chi connectivity index (χ0) is 2.00. The number of hydrogen-bond acceptors (Lipinski definition) is 1. The SMILES string of the molecule is O.O.[S]=[Pd]. The molecule has 0 bridgehead atoms. The molecule has 0 aliphatic rings. The average Bonchev–Trinajstić information content (AvgIpc) is 1.00. The van der Waals surface area contributed by atoms with Crippen molar-refractivity contribution in [1.82, 2.24) is 0 Å². The summed E-state index contributed by atoms with van der Waals surface area (Å²) in [4.78, 5) is 0. The third-order valence-electron chi connectivity index (χ3n) is 0. The molecule has 0 radical (unpaired) electrons. The van der Waals surface area contributed by atoms with E-state index >= 15 is 0 Å². The van der Waals surface area contributed by atoms with Crippen LogP contribution in [-0.4, -0.2) is 11.0 Å². The maximum absolute atomic E-state index is 3.93. The molecule has 0 aromatic rings. The van der Waals surface area contributed by atoms with E-state index in [1.54, 1.807) is 0 Å². The average molecular weight is 175 g/mol. The van der Waals surface area contributed by atoms with Crippen molar-refractivity contribution in [2.75, 3.05) is 0 Å². The van der Waals surface area contributed by atoms with Crippen LogP contribution in [0.1, 0.15) is 0 Å². The molecule has 4 N–H and O–H groups in total. The van der Waals surface area contributed by atoms with Crippen molar-refractivity contribution >= 4 is 9.94 Å². The third-order valence-corrected chi connectivity index (χ3v) is 0. The summed E-state index contributed by atoms with van der Waals surface area (Å²) in [6.45, 7) is 0. The van der Waals surface area contributed by atoms with E-state index in [2.05, 4.69) is 27.4 Å². The third kappa shape index (κ3) is 14.1. The van der Waals surface area contributed by atoms with Gasteiger partial charge in [-0.25, -0.2) is 0 Å². The molecule has 0 aliphatic heterocycles. The Kier molecular flexibility index (Phi) is 248. The molecule has 4 heteroatoms. The van der Waals surface area contributed by atoms with Gasteiger partial charge >= 0.3 is 27.4 Å². The van der Waals surface area contributed by atoms with Crippen molar-refractivity contribution in [2.24, 2.45) is 0 Å². The van der Waals surface area contributed by atoms with E-state index in [1.165, 1.54) is 0 Å². The van der Waals surface area contributed by atoms with Crippen LogP contribution < -0.4 is 0 Å². The summed E-state index contributed by atoms with van der Waals surface area (Å²) in [5.74, 6) is 0. The second-order valence-electron chi connectivity index (χ2n) is 0. The Bertz CT molecular complexity index is 6.00. The van der Waals surface area contributed by atoms with Gasteiger partial charge in [0, 0.05) is 0 Å². The molecule has 0 saturated carbocycles. The molecule has 32 valence electrons. The first kappa shape index (κ1) is 21.4. The molecule has 0 aliphatic carbocycles. The summed E-state index contributed by atoms with van der Waals surface area (Å²) in [7, 11) is 3.93. The van der Waals surface area contributed by atoms with E-state index in [1.807, 2.05) is 0 Å². The van der Waals surface area contributed by atoms with E-state index in [0.717, 1.165) is 0 Å². The van der Waals surface area contributed by atoms with Crippen LogP contribution in [0.15, 0.2) is 0 Å². The monoisotopic (exact) mass is 174 g/mol. The van der Waals surface area contributed by atoms with Gasteiger partial charge in [0.2, 0.25) is 0 Å². The quantitative estimate of drug-likeness (QED) is 0.435. The Hall–Kier alpha value is 0.802. The Morgan fingerprint density at radius 3 is 1.00 bits per heavy atom. The van der Waals surface area contributed by atoms with Crippen LogP contribution in [0.3, 0.4) is 0 Å². The van der Waals surface area contributed by atoms with Gasteiger partial charge in [0.25, 0.3) is 0 Å². The van der Waals surface area contributed by atoms with Crippen LogP contribution in [0, 0.1) is 0 Å². The van der Waals surface area contributed by atoms with E-state index < -0.39 is 0 Å². The first-order valence-corrected chi connectivity index (χ1v) is 2.29. The first-order valence-electron chi connectivity index (χ1n) is 0.129. The Labute approximate surface area is 38.7 Å². The van der Waals surface area contributed by atoms with Gasteiger partial charge in [0.05, 0.1) is 0 Å². The molecule has 0 rings (SSSR count). The van der Waals surface area contributed by atoms with Crippen LogP contribution in [0.4, 0.5) is 0 Å². The summed E-state index contributed by atoms with van der Waals surface area (Å²) in [5, 5.41) is 0. The van der Waals surface area contributed by atoms with E-state index in [0.29, 0.717) is 0 Å². The minimum atomic E-state index is 0. The molecule has 0 aromatic carbocycles. The van der Waals surface area contributed by atoms with Gasteiger partial charge in [-0.3, -0.25) is 0 Å². The molecule has 0 amide bonds. The van der Waals surface area contributed by atoms with Gasteiger partial charge in [-0.15, -0.1) is 0 Å². The predicted molar refractivity (Wildman–Crippen MR) is 14.8 cm³/mol. The van der Waals surface area contributed by atoms with Crippen molar-refractivity contribution in [3.8, 4) is 0 Å². The first-order chi connectivity index (χ1) is 1.00. The second-order valence-corrected chi connectivity index (χ2v) is 0. The Morgan fingerprint density at radius 1 is 1.00 bits per heavy atom. The topological polar surface area (TPSA) is 63.0 Å². The molecule has 2 nitrogen and oxygen atoms in total. The van der Waals surface area contributed by atoms with Gasteiger partial charge in [0.1, 0.15) is 0 Å². The van der Waals surface area contributed by atoms with Crippen molar-refractivity contribution in [3.63, 3.8) is 0 Å². The summed E-state index contributed by atoms with van der Waals surface area (Å²) in [6.07, 6.45) is 0. The molecule has 4 heavy (non-hydrogen) atoms. The van der Waals surface area contributed by atoms with Crippen LogP contribution in [-0.2, 0) is 17.4 Å². The molecule has 0 unspecified atom stereocenters. The molecular formula is H4O2PdS.